The fraction of sp³-hybridized carbons (Fsp3) is 0.722. The minimum atomic E-state index is -0.456. The maximum absolute atomic E-state index is 11.9. The Balaban J connectivity index is 1.90. The molecule has 23 heavy (non-hydrogen) atoms. The summed E-state index contributed by atoms with van der Waals surface area (Å²) in [5, 5.41) is 6.65. The zero-order chi connectivity index (χ0) is 16.9. The van der Waals surface area contributed by atoms with Crippen molar-refractivity contribution in [1.82, 2.24) is 15.2 Å². The van der Waals surface area contributed by atoms with Crippen LogP contribution in [0.4, 0.5) is 4.79 Å². The highest BCUT2D eigenvalue weighted by Gasteiger charge is 2.34. The molecule has 5 nitrogen and oxygen atoms in total. The quantitative estimate of drug-likeness (QED) is 0.844. The number of nitrogens with zero attached hydrogens (tertiary/aromatic N) is 1. The number of carbonyl (C=O) groups excluding carboxylic acids is 1. The Kier molecular flexibility index (Phi) is 5.74. The zero-order valence-electron chi connectivity index (χ0n) is 14.9. The van der Waals surface area contributed by atoms with Gasteiger partial charge in [-0.05, 0) is 52.7 Å². The van der Waals surface area contributed by atoms with Gasteiger partial charge in [0.25, 0.3) is 0 Å². The Bertz CT molecular complexity index is 511. The van der Waals surface area contributed by atoms with Gasteiger partial charge >= 0.3 is 6.09 Å². The number of hydrogen-bond donors (Lipinski definition) is 2. The van der Waals surface area contributed by atoms with E-state index in [0.717, 1.165) is 25.9 Å². The number of hydrogen-bond acceptors (Lipinski definition) is 3. The molecule has 0 unspecified atom stereocenters. The summed E-state index contributed by atoms with van der Waals surface area (Å²) in [5.74, 6) is 0. The average molecular weight is 321 g/mol. The Labute approximate surface area is 139 Å². The maximum atomic E-state index is 11.9. The van der Waals surface area contributed by atoms with Crippen molar-refractivity contribution in [2.75, 3.05) is 6.54 Å². The molecule has 1 aromatic heterocycles. The van der Waals surface area contributed by atoms with E-state index >= 15 is 0 Å². The van der Waals surface area contributed by atoms with Crippen molar-refractivity contribution in [2.24, 2.45) is 0 Å². The van der Waals surface area contributed by atoms with Gasteiger partial charge in [0.05, 0.1) is 0 Å². The minimum absolute atomic E-state index is 0.0141. The lowest BCUT2D eigenvalue weighted by Gasteiger charge is -2.31. The van der Waals surface area contributed by atoms with Gasteiger partial charge in [-0.3, -0.25) is 0 Å². The molecule has 5 heteroatoms. The van der Waals surface area contributed by atoms with Crippen molar-refractivity contribution < 1.29 is 9.53 Å². The number of ether oxygens (including phenoxy) is 1. The van der Waals surface area contributed by atoms with E-state index < -0.39 is 5.60 Å². The summed E-state index contributed by atoms with van der Waals surface area (Å²) in [4.78, 5) is 11.9. The first-order chi connectivity index (χ1) is 10.8. The van der Waals surface area contributed by atoms with Gasteiger partial charge < -0.3 is 19.9 Å². The van der Waals surface area contributed by atoms with Crippen LogP contribution in [0.1, 0.15) is 59.1 Å². The number of rotatable bonds is 6. The standard InChI is InChI=1S/C18H31N3O2/c1-5-21-12-8-9-15(21)13-20-18(10-6-7-11-18)14-19-16(22)23-17(2,3)4/h8-9,12,20H,5-7,10-11,13-14H2,1-4H3,(H,19,22). The third kappa shape index (κ3) is 5.27. The minimum Gasteiger partial charge on any atom is -0.444 e. The van der Waals surface area contributed by atoms with Crippen molar-refractivity contribution in [2.45, 2.75) is 77.6 Å². The molecule has 0 aromatic carbocycles. The Morgan fingerprint density at radius 1 is 1.35 bits per heavy atom. The predicted molar refractivity (Wildman–Crippen MR) is 92.4 cm³/mol. The van der Waals surface area contributed by atoms with Crippen LogP contribution < -0.4 is 10.6 Å². The monoisotopic (exact) mass is 321 g/mol. The molecule has 1 heterocycles. The summed E-state index contributed by atoms with van der Waals surface area (Å²) in [7, 11) is 0. The topological polar surface area (TPSA) is 55.3 Å². The van der Waals surface area contributed by atoms with E-state index in [9.17, 15) is 4.79 Å². The summed E-state index contributed by atoms with van der Waals surface area (Å²) < 4.78 is 7.59. The summed E-state index contributed by atoms with van der Waals surface area (Å²) in [6.45, 7) is 10.2. The smallest absolute Gasteiger partial charge is 0.407 e. The second-order valence-corrected chi connectivity index (χ2v) is 7.48. The fourth-order valence-corrected chi connectivity index (χ4v) is 3.22. The molecular formula is C18H31N3O2. The summed E-state index contributed by atoms with van der Waals surface area (Å²) >= 11 is 0. The van der Waals surface area contributed by atoms with E-state index in [0.29, 0.717) is 6.54 Å². The second kappa shape index (κ2) is 7.39. The van der Waals surface area contributed by atoms with E-state index in [2.05, 4.69) is 40.5 Å². The van der Waals surface area contributed by atoms with Crippen LogP contribution in [0.2, 0.25) is 0 Å². The lowest BCUT2D eigenvalue weighted by molar-refractivity contribution is 0.0509. The maximum Gasteiger partial charge on any atom is 0.407 e. The van der Waals surface area contributed by atoms with Crippen molar-refractivity contribution in [1.29, 1.82) is 0 Å². The van der Waals surface area contributed by atoms with Crippen LogP contribution >= 0.6 is 0 Å². The van der Waals surface area contributed by atoms with Crippen molar-refractivity contribution >= 4 is 6.09 Å². The second-order valence-electron chi connectivity index (χ2n) is 7.48. The van der Waals surface area contributed by atoms with E-state index in [1.54, 1.807) is 0 Å². The van der Waals surface area contributed by atoms with E-state index in [1.807, 2.05) is 20.8 Å². The molecule has 130 valence electrons. The number of amides is 1. The molecule has 1 aliphatic rings. The normalized spacial score (nSPS) is 17.2. The van der Waals surface area contributed by atoms with Gasteiger partial charge in [-0.25, -0.2) is 4.79 Å². The van der Waals surface area contributed by atoms with E-state index in [4.69, 9.17) is 4.74 Å². The van der Waals surface area contributed by atoms with Gasteiger partial charge in [0, 0.05) is 37.1 Å². The van der Waals surface area contributed by atoms with Gasteiger partial charge in [-0.15, -0.1) is 0 Å². The van der Waals surface area contributed by atoms with Crippen LogP contribution in [0.25, 0.3) is 0 Å². The fourth-order valence-electron chi connectivity index (χ4n) is 3.22. The Morgan fingerprint density at radius 3 is 2.65 bits per heavy atom. The molecule has 0 spiro atoms. The van der Waals surface area contributed by atoms with Crippen LogP contribution in [0.3, 0.4) is 0 Å². The molecule has 0 bridgehead atoms. The molecule has 1 amide bonds. The first-order valence-corrected chi connectivity index (χ1v) is 8.69. The Morgan fingerprint density at radius 2 is 2.04 bits per heavy atom. The summed E-state index contributed by atoms with van der Waals surface area (Å²) in [5.41, 5.74) is 0.818. The van der Waals surface area contributed by atoms with Gasteiger partial charge in [-0.2, -0.15) is 0 Å². The molecule has 1 saturated carbocycles. The highest BCUT2D eigenvalue weighted by molar-refractivity contribution is 5.67. The Hall–Kier alpha value is -1.49. The molecular weight excluding hydrogens is 290 g/mol. The molecule has 0 atom stereocenters. The van der Waals surface area contributed by atoms with Crippen molar-refractivity contribution in [3.63, 3.8) is 0 Å². The zero-order valence-corrected chi connectivity index (χ0v) is 14.9. The van der Waals surface area contributed by atoms with Crippen LogP contribution in [0.15, 0.2) is 18.3 Å². The first-order valence-electron chi connectivity index (χ1n) is 8.69. The third-order valence-corrected chi connectivity index (χ3v) is 4.44. The first kappa shape index (κ1) is 17.9. The SMILES string of the molecule is CCn1cccc1CNC1(CNC(=O)OC(C)(C)C)CCCC1. The number of aromatic nitrogens is 1. The third-order valence-electron chi connectivity index (χ3n) is 4.44. The summed E-state index contributed by atoms with van der Waals surface area (Å²) in [6, 6.07) is 4.24. The highest BCUT2D eigenvalue weighted by Crippen LogP contribution is 2.29. The van der Waals surface area contributed by atoms with Gasteiger partial charge in [0.2, 0.25) is 0 Å². The number of carbonyl (C=O) groups is 1. The molecule has 1 aliphatic carbocycles. The van der Waals surface area contributed by atoms with Crippen LogP contribution in [0, 0.1) is 0 Å². The molecule has 1 fully saturated rings. The van der Waals surface area contributed by atoms with E-state index in [1.165, 1.54) is 18.5 Å². The molecule has 0 radical (unpaired) electrons. The number of nitrogens with one attached hydrogen (secondary N) is 2. The lowest BCUT2D eigenvalue weighted by atomic mass is 9.97. The molecule has 0 saturated heterocycles. The van der Waals surface area contributed by atoms with Crippen LogP contribution in [-0.2, 0) is 17.8 Å². The average Bonchev–Trinajstić information content (AvgIpc) is 3.11. The van der Waals surface area contributed by atoms with Crippen LogP contribution in [0.5, 0.6) is 0 Å². The largest absolute Gasteiger partial charge is 0.444 e. The van der Waals surface area contributed by atoms with E-state index in [-0.39, 0.29) is 11.6 Å². The molecule has 2 rings (SSSR count). The predicted octanol–water partition coefficient (Wildman–Crippen LogP) is 3.44. The number of alkyl carbamates (subject to hydrolysis) is 1. The van der Waals surface area contributed by atoms with Gasteiger partial charge in [0.1, 0.15) is 5.60 Å². The van der Waals surface area contributed by atoms with Crippen molar-refractivity contribution in [3.05, 3.63) is 24.0 Å². The number of aryl methyl sites for hydroxylation is 1. The van der Waals surface area contributed by atoms with Crippen molar-refractivity contribution in [3.8, 4) is 0 Å². The lowest BCUT2D eigenvalue weighted by Crippen LogP contribution is -2.52. The molecule has 0 aliphatic heterocycles. The van der Waals surface area contributed by atoms with Gasteiger partial charge in [0.15, 0.2) is 0 Å². The summed E-state index contributed by atoms with van der Waals surface area (Å²) in [6.07, 6.45) is 6.38. The van der Waals surface area contributed by atoms with Gasteiger partial charge in [-0.1, -0.05) is 12.8 Å². The molecule has 2 N–H and O–H groups in total. The highest BCUT2D eigenvalue weighted by atomic mass is 16.6. The molecule has 1 aromatic rings. The van der Waals surface area contributed by atoms with Crippen LogP contribution in [-0.4, -0.2) is 28.3 Å².